The molecule has 0 aliphatic carbocycles. The summed E-state index contributed by atoms with van der Waals surface area (Å²) in [5, 5.41) is 9.37. The molecule has 0 atom stereocenters. The summed E-state index contributed by atoms with van der Waals surface area (Å²) >= 11 is 13.1. The number of nitrogens with zero attached hydrogens (tertiary/aromatic N) is 4. The number of rotatable bonds is 4. The van der Waals surface area contributed by atoms with E-state index in [0.717, 1.165) is 5.56 Å². The molecule has 0 aromatic carbocycles. The minimum atomic E-state index is 0.0875. The standard InChI is InChI=1S/C11H10Cl2N4OS/c1-6(18)5-19-11-16-15-10(17(11)2)7-3-8(12)14-9(13)4-7/h3-4H,5H2,1-2H3. The molecule has 0 radical (unpaired) electrons. The van der Waals surface area contributed by atoms with Gasteiger partial charge in [0.2, 0.25) is 0 Å². The van der Waals surface area contributed by atoms with Crippen molar-refractivity contribution >= 4 is 40.7 Å². The first-order valence-corrected chi connectivity index (χ1v) is 7.06. The van der Waals surface area contributed by atoms with Gasteiger partial charge in [-0.1, -0.05) is 35.0 Å². The molecule has 2 aromatic rings. The van der Waals surface area contributed by atoms with Gasteiger partial charge in [-0.15, -0.1) is 10.2 Å². The summed E-state index contributed by atoms with van der Waals surface area (Å²) in [5.74, 6) is 1.07. The van der Waals surface area contributed by atoms with Crippen LogP contribution in [0.25, 0.3) is 11.4 Å². The molecule has 19 heavy (non-hydrogen) atoms. The fourth-order valence-corrected chi connectivity index (χ4v) is 2.62. The lowest BCUT2D eigenvalue weighted by atomic mass is 10.2. The van der Waals surface area contributed by atoms with Crippen molar-refractivity contribution in [2.75, 3.05) is 5.75 Å². The first-order chi connectivity index (χ1) is 8.97. The number of pyridine rings is 1. The first kappa shape index (κ1) is 14.3. The lowest BCUT2D eigenvalue weighted by Crippen LogP contribution is -1.98. The Morgan fingerprint density at radius 3 is 2.53 bits per heavy atom. The second kappa shape index (κ2) is 5.90. The van der Waals surface area contributed by atoms with Crippen molar-refractivity contribution in [1.29, 1.82) is 0 Å². The van der Waals surface area contributed by atoms with Crippen LogP contribution >= 0.6 is 35.0 Å². The van der Waals surface area contributed by atoms with Gasteiger partial charge in [0.15, 0.2) is 11.0 Å². The average molecular weight is 317 g/mol. The zero-order valence-electron chi connectivity index (χ0n) is 10.2. The zero-order chi connectivity index (χ0) is 14.0. The average Bonchev–Trinajstić information content (AvgIpc) is 2.66. The van der Waals surface area contributed by atoms with Crippen LogP contribution in [0, 0.1) is 0 Å². The second-order valence-corrected chi connectivity index (χ2v) is 5.57. The van der Waals surface area contributed by atoms with Crippen LogP contribution in [-0.2, 0) is 11.8 Å². The summed E-state index contributed by atoms with van der Waals surface area (Å²) in [4.78, 5) is 14.9. The molecule has 2 aromatic heterocycles. The van der Waals surface area contributed by atoms with E-state index < -0.39 is 0 Å². The molecule has 0 aliphatic heterocycles. The van der Waals surface area contributed by atoms with Gasteiger partial charge in [0, 0.05) is 12.6 Å². The van der Waals surface area contributed by atoms with E-state index in [0.29, 0.717) is 27.0 Å². The number of hydrogen-bond donors (Lipinski definition) is 0. The van der Waals surface area contributed by atoms with Crippen LogP contribution in [0.4, 0.5) is 0 Å². The highest BCUT2D eigenvalue weighted by molar-refractivity contribution is 7.99. The predicted octanol–water partition coefficient (Wildman–Crippen LogP) is 2.87. The molecular formula is C11H10Cl2N4OS. The van der Waals surface area contributed by atoms with Gasteiger partial charge in [-0.2, -0.15) is 0 Å². The number of Topliss-reactive ketones (excluding diaryl/α,β-unsaturated/α-hetero) is 1. The summed E-state index contributed by atoms with van der Waals surface area (Å²) in [6.45, 7) is 1.53. The van der Waals surface area contributed by atoms with E-state index in [1.54, 1.807) is 16.7 Å². The van der Waals surface area contributed by atoms with Crippen LogP contribution in [0.3, 0.4) is 0 Å². The number of hydrogen-bond acceptors (Lipinski definition) is 5. The van der Waals surface area contributed by atoms with Crippen molar-refractivity contribution in [3.8, 4) is 11.4 Å². The zero-order valence-corrected chi connectivity index (χ0v) is 12.6. The molecule has 0 saturated heterocycles. The summed E-state index contributed by atoms with van der Waals surface area (Å²) < 4.78 is 1.79. The van der Waals surface area contributed by atoms with Gasteiger partial charge in [-0.3, -0.25) is 4.79 Å². The monoisotopic (exact) mass is 316 g/mol. The van der Waals surface area contributed by atoms with Gasteiger partial charge in [-0.05, 0) is 19.1 Å². The van der Waals surface area contributed by atoms with Crippen LogP contribution in [0.15, 0.2) is 17.3 Å². The number of carbonyl (C=O) groups is 1. The minimum absolute atomic E-state index is 0.0875. The fourth-order valence-electron chi connectivity index (χ4n) is 1.45. The molecule has 0 fully saturated rings. The van der Waals surface area contributed by atoms with Crippen molar-refractivity contribution in [3.05, 3.63) is 22.4 Å². The molecule has 0 aliphatic rings. The van der Waals surface area contributed by atoms with Crippen molar-refractivity contribution in [2.45, 2.75) is 12.1 Å². The molecule has 2 heterocycles. The maximum Gasteiger partial charge on any atom is 0.191 e. The molecule has 0 N–H and O–H groups in total. The Balaban J connectivity index is 2.33. The van der Waals surface area contributed by atoms with Crippen LogP contribution in [0.5, 0.6) is 0 Å². The van der Waals surface area contributed by atoms with E-state index in [9.17, 15) is 4.79 Å². The normalized spacial score (nSPS) is 10.7. The second-order valence-electron chi connectivity index (χ2n) is 3.86. The van der Waals surface area contributed by atoms with Gasteiger partial charge >= 0.3 is 0 Å². The van der Waals surface area contributed by atoms with Crippen LogP contribution < -0.4 is 0 Å². The largest absolute Gasteiger partial charge is 0.305 e. The van der Waals surface area contributed by atoms with E-state index >= 15 is 0 Å². The Morgan fingerprint density at radius 1 is 1.32 bits per heavy atom. The third-order valence-electron chi connectivity index (χ3n) is 2.26. The highest BCUT2D eigenvalue weighted by Gasteiger charge is 2.13. The molecule has 8 heteroatoms. The third kappa shape index (κ3) is 3.46. The first-order valence-electron chi connectivity index (χ1n) is 5.32. The summed E-state index contributed by atoms with van der Waals surface area (Å²) in [7, 11) is 1.82. The Bertz CT molecular complexity index is 609. The maximum absolute atomic E-state index is 11.0. The highest BCUT2D eigenvalue weighted by Crippen LogP contribution is 2.26. The molecular weight excluding hydrogens is 307 g/mol. The smallest absolute Gasteiger partial charge is 0.191 e. The molecule has 0 unspecified atom stereocenters. The topological polar surface area (TPSA) is 60.7 Å². The minimum Gasteiger partial charge on any atom is -0.305 e. The molecule has 0 saturated carbocycles. The van der Waals surface area contributed by atoms with Gasteiger partial charge in [0.05, 0.1) is 5.75 Å². The molecule has 100 valence electrons. The predicted molar refractivity (Wildman–Crippen MR) is 75.7 cm³/mol. The molecule has 0 amide bonds. The summed E-state index contributed by atoms with van der Waals surface area (Å²) in [5.41, 5.74) is 0.731. The van der Waals surface area contributed by atoms with Crippen LogP contribution in [-0.4, -0.2) is 31.3 Å². The lowest BCUT2D eigenvalue weighted by molar-refractivity contribution is -0.114. The van der Waals surface area contributed by atoms with E-state index in [2.05, 4.69) is 15.2 Å². The number of ketones is 1. The molecule has 2 rings (SSSR count). The van der Waals surface area contributed by atoms with E-state index in [1.165, 1.54) is 18.7 Å². The quantitative estimate of drug-likeness (QED) is 0.641. The van der Waals surface area contributed by atoms with Crippen LogP contribution in [0.1, 0.15) is 6.92 Å². The Hall–Kier alpha value is -1.11. The van der Waals surface area contributed by atoms with Crippen molar-refractivity contribution in [1.82, 2.24) is 19.7 Å². The summed E-state index contributed by atoms with van der Waals surface area (Å²) in [6.07, 6.45) is 0. The van der Waals surface area contributed by atoms with Crippen molar-refractivity contribution in [2.24, 2.45) is 7.05 Å². The van der Waals surface area contributed by atoms with Crippen molar-refractivity contribution in [3.63, 3.8) is 0 Å². The lowest BCUT2D eigenvalue weighted by Gasteiger charge is -2.04. The molecule has 0 bridgehead atoms. The van der Waals surface area contributed by atoms with Gasteiger partial charge in [0.1, 0.15) is 16.1 Å². The molecule has 0 spiro atoms. The third-order valence-corrected chi connectivity index (χ3v) is 3.81. The van der Waals surface area contributed by atoms with Gasteiger partial charge in [0.25, 0.3) is 0 Å². The Labute approximate surface area is 124 Å². The molecule has 5 nitrogen and oxygen atoms in total. The van der Waals surface area contributed by atoms with Gasteiger partial charge in [-0.25, -0.2) is 4.98 Å². The van der Waals surface area contributed by atoms with E-state index in [-0.39, 0.29) is 5.78 Å². The van der Waals surface area contributed by atoms with Crippen molar-refractivity contribution < 1.29 is 4.79 Å². The maximum atomic E-state index is 11.0. The van der Waals surface area contributed by atoms with Gasteiger partial charge < -0.3 is 4.57 Å². The fraction of sp³-hybridized carbons (Fsp3) is 0.273. The number of halogens is 2. The van der Waals surface area contributed by atoms with Crippen LogP contribution in [0.2, 0.25) is 10.3 Å². The Kier molecular flexibility index (Phi) is 4.44. The number of aromatic nitrogens is 4. The Morgan fingerprint density at radius 2 is 1.95 bits per heavy atom. The summed E-state index contributed by atoms with van der Waals surface area (Å²) in [6, 6.07) is 3.33. The van der Waals surface area contributed by atoms with E-state index in [4.69, 9.17) is 23.2 Å². The SMILES string of the molecule is CC(=O)CSc1nnc(-c2cc(Cl)nc(Cl)c2)n1C. The number of carbonyl (C=O) groups excluding carboxylic acids is 1. The number of thioether (sulfide) groups is 1. The highest BCUT2D eigenvalue weighted by atomic mass is 35.5. The van der Waals surface area contributed by atoms with E-state index in [1.807, 2.05) is 7.05 Å².